The van der Waals surface area contributed by atoms with E-state index in [1.807, 2.05) is 6.08 Å². The van der Waals surface area contributed by atoms with E-state index in [1.165, 1.54) is 167 Å². The number of hydrogen-bond donors (Lipinski definition) is 6. The Morgan fingerprint density at radius 2 is 0.933 bits per heavy atom. The molecule has 7 unspecified atom stereocenters. The van der Waals surface area contributed by atoms with Gasteiger partial charge in [0.1, 0.15) is 24.4 Å². The molecule has 0 aromatic carbocycles. The van der Waals surface area contributed by atoms with Crippen molar-refractivity contribution in [1.82, 2.24) is 5.32 Å². The fourth-order valence-corrected chi connectivity index (χ4v) is 8.15. The number of aliphatic hydroxyl groups excluding tert-OH is 5. The summed E-state index contributed by atoms with van der Waals surface area (Å²) >= 11 is 0. The van der Waals surface area contributed by atoms with Crippen LogP contribution in [-0.2, 0) is 14.3 Å². The summed E-state index contributed by atoms with van der Waals surface area (Å²) in [6.07, 6.45) is 43.8. The van der Waals surface area contributed by atoms with E-state index >= 15 is 0 Å². The molecule has 1 aliphatic heterocycles. The Kier molecular flexibility index (Phi) is 39.4. The summed E-state index contributed by atoms with van der Waals surface area (Å²) in [5, 5.41) is 54.3. The largest absolute Gasteiger partial charge is 0.394 e. The molecule has 6 N–H and O–H groups in total. The highest BCUT2D eigenvalue weighted by atomic mass is 16.7. The molecule has 1 fully saturated rings. The lowest BCUT2D eigenvalue weighted by Crippen LogP contribution is -2.60. The van der Waals surface area contributed by atoms with Crippen molar-refractivity contribution in [3.05, 3.63) is 24.3 Å². The van der Waals surface area contributed by atoms with Gasteiger partial charge in [-0.3, -0.25) is 4.79 Å². The van der Waals surface area contributed by atoms with Crippen LogP contribution in [0.4, 0.5) is 0 Å². The molecule has 1 heterocycles. The van der Waals surface area contributed by atoms with Gasteiger partial charge in [-0.2, -0.15) is 0 Å². The molecule has 1 aliphatic rings. The summed E-state index contributed by atoms with van der Waals surface area (Å²) in [4.78, 5) is 12.9. The first-order valence-corrected chi connectivity index (χ1v) is 25.6. The summed E-state index contributed by atoms with van der Waals surface area (Å²) in [5.41, 5.74) is 0. The minimum absolute atomic E-state index is 0.192. The summed E-state index contributed by atoms with van der Waals surface area (Å²) in [6, 6.07) is -0.810. The lowest BCUT2D eigenvalue weighted by molar-refractivity contribution is -0.302. The first-order chi connectivity index (χ1) is 29.3. The highest BCUT2D eigenvalue weighted by Crippen LogP contribution is 2.23. The molecule has 1 amide bonds. The van der Waals surface area contributed by atoms with E-state index in [4.69, 9.17) is 9.47 Å². The fourth-order valence-electron chi connectivity index (χ4n) is 8.15. The smallest absolute Gasteiger partial charge is 0.220 e. The standard InChI is InChI=1S/C51H97NO8/c1-3-5-7-9-11-13-15-17-18-19-20-21-22-23-24-25-26-27-29-30-32-34-36-38-40-45(54)44(43-59-51-50(58)49(57)48(56)46(42-53)60-51)52-47(55)41-39-37-35-33-31-28-16-14-12-10-8-6-4-2/h28,31,38,40,44-46,48-51,53-54,56-58H,3-27,29-30,32-37,39,41-43H2,1-2H3,(H,52,55)/b31-28-,40-38+. The number of amides is 1. The van der Waals surface area contributed by atoms with Crippen LogP contribution in [0, 0.1) is 0 Å². The lowest BCUT2D eigenvalue weighted by atomic mass is 9.99. The second-order valence-electron chi connectivity index (χ2n) is 18.0. The van der Waals surface area contributed by atoms with E-state index < -0.39 is 49.5 Å². The molecular formula is C51H97NO8. The third-order valence-corrected chi connectivity index (χ3v) is 12.3. The number of aliphatic hydroxyl groups is 5. The zero-order valence-electron chi connectivity index (χ0n) is 39.0. The maximum Gasteiger partial charge on any atom is 0.220 e. The first kappa shape index (κ1) is 56.7. The molecule has 7 atom stereocenters. The molecule has 1 rings (SSSR count). The zero-order chi connectivity index (χ0) is 43.7. The van der Waals surface area contributed by atoms with Gasteiger partial charge in [0, 0.05) is 6.42 Å². The van der Waals surface area contributed by atoms with Gasteiger partial charge in [0.25, 0.3) is 0 Å². The van der Waals surface area contributed by atoms with Crippen molar-refractivity contribution < 1.29 is 39.8 Å². The van der Waals surface area contributed by atoms with Crippen LogP contribution < -0.4 is 5.32 Å². The average molecular weight is 852 g/mol. The molecule has 9 heteroatoms. The third-order valence-electron chi connectivity index (χ3n) is 12.3. The summed E-state index contributed by atoms with van der Waals surface area (Å²) < 4.78 is 11.2. The molecule has 0 radical (unpaired) electrons. The number of rotatable bonds is 43. The van der Waals surface area contributed by atoms with Gasteiger partial charge >= 0.3 is 0 Å². The molecule has 0 aromatic heterocycles. The molecule has 60 heavy (non-hydrogen) atoms. The van der Waals surface area contributed by atoms with Gasteiger partial charge < -0.3 is 40.3 Å². The van der Waals surface area contributed by atoms with E-state index in [9.17, 15) is 30.3 Å². The quantitative estimate of drug-likeness (QED) is 0.0262. The molecule has 0 aliphatic carbocycles. The van der Waals surface area contributed by atoms with Crippen LogP contribution in [0.1, 0.15) is 239 Å². The summed E-state index contributed by atoms with van der Waals surface area (Å²) in [5.74, 6) is -0.192. The van der Waals surface area contributed by atoms with Gasteiger partial charge in [-0.1, -0.05) is 212 Å². The van der Waals surface area contributed by atoms with E-state index in [1.54, 1.807) is 6.08 Å². The molecule has 1 saturated heterocycles. The van der Waals surface area contributed by atoms with Crippen LogP contribution in [0.25, 0.3) is 0 Å². The number of carbonyl (C=O) groups excluding carboxylic acids is 1. The molecular weight excluding hydrogens is 755 g/mol. The van der Waals surface area contributed by atoms with Crippen molar-refractivity contribution in [1.29, 1.82) is 0 Å². The van der Waals surface area contributed by atoms with Crippen LogP contribution in [-0.4, -0.2) is 87.5 Å². The topological polar surface area (TPSA) is 149 Å². The van der Waals surface area contributed by atoms with Crippen molar-refractivity contribution in [2.45, 2.75) is 281 Å². The Bertz CT molecular complexity index is 992. The van der Waals surface area contributed by atoms with Gasteiger partial charge in [0.2, 0.25) is 5.91 Å². The molecule has 9 nitrogen and oxygen atoms in total. The van der Waals surface area contributed by atoms with Crippen LogP contribution in [0.2, 0.25) is 0 Å². The molecule has 0 aromatic rings. The molecule has 354 valence electrons. The number of hydrogen-bond acceptors (Lipinski definition) is 8. The number of ether oxygens (including phenoxy) is 2. The summed E-state index contributed by atoms with van der Waals surface area (Å²) in [7, 11) is 0. The van der Waals surface area contributed by atoms with Crippen LogP contribution >= 0.6 is 0 Å². The minimum atomic E-state index is -1.57. The Hall–Kier alpha value is -1.33. The Morgan fingerprint density at radius 3 is 1.35 bits per heavy atom. The van der Waals surface area contributed by atoms with Crippen LogP contribution in [0.15, 0.2) is 24.3 Å². The molecule has 0 bridgehead atoms. The maximum atomic E-state index is 12.9. The predicted octanol–water partition coefficient (Wildman–Crippen LogP) is 11.5. The van der Waals surface area contributed by atoms with Crippen LogP contribution in [0.3, 0.4) is 0 Å². The number of allylic oxidation sites excluding steroid dienone is 3. The second kappa shape index (κ2) is 41.7. The highest BCUT2D eigenvalue weighted by Gasteiger charge is 2.44. The minimum Gasteiger partial charge on any atom is -0.394 e. The second-order valence-corrected chi connectivity index (χ2v) is 18.0. The average Bonchev–Trinajstić information content (AvgIpc) is 3.25. The van der Waals surface area contributed by atoms with Gasteiger partial charge in [0.05, 0.1) is 25.4 Å². The van der Waals surface area contributed by atoms with E-state index in [-0.39, 0.29) is 12.5 Å². The van der Waals surface area contributed by atoms with Gasteiger partial charge in [-0.25, -0.2) is 0 Å². The van der Waals surface area contributed by atoms with Crippen LogP contribution in [0.5, 0.6) is 0 Å². The Balaban J connectivity index is 2.26. The monoisotopic (exact) mass is 852 g/mol. The van der Waals surface area contributed by atoms with Gasteiger partial charge in [0.15, 0.2) is 6.29 Å². The normalized spacial score (nSPS) is 20.7. The zero-order valence-corrected chi connectivity index (χ0v) is 39.0. The predicted molar refractivity (Wildman–Crippen MR) is 249 cm³/mol. The highest BCUT2D eigenvalue weighted by molar-refractivity contribution is 5.76. The van der Waals surface area contributed by atoms with Crippen molar-refractivity contribution >= 4 is 5.91 Å². The number of carbonyl (C=O) groups is 1. The molecule has 0 saturated carbocycles. The maximum absolute atomic E-state index is 12.9. The van der Waals surface area contributed by atoms with Crippen molar-refractivity contribution in [2.75, 3.05) is 13.2 Å². The SMILES string of the molecule is CCCCCCCC/C=C\CCCCCC(=O)NC(COC1OC(CO)C(O)C(O)C1O)C(O)/C=C/CCCCCCCCCCCCCCCCCCCCCCCC. The van der Waals surface area contributed by atoms with Crippen molar-refractivity contribution in [3.63, 3.8) is 0 Å². The van der Waals surface area contributed by atoms with Crippen molar-refractivity contribution in [3.8, 4) is 0 Å². The van der Waals surface area contributed by atoms with Gasteiger partial charge in [-0.05, 0) is 44.9 Å². The van der Waals surface area contributed by atoms with E-state index in [2.05, 4.69) is 31.3 Å². The lowest BCUT2D eigenvalue weighted by Gasteiger charge is -2.40. The first-order valence-electron chi connectivity index (χ1n) is 25.6. The number of nitrogens with one attached hydrogen (secondary N) is 1. The summed E-state index contributed by atoms with van der Waals surface area (Å²) in [6.45, 7) is 3.77. The van der Waals surface area contributed by atoms with E-state index in [0.717, 1.165) is 51.4 Å². The molecule has 0 spiro atoms. The third kappa shape index (κ3) is 31.5. The Morgan fingerprint density at radius 1 is 0.550 bits per heavy atom. The van der Waals surface area contributed by atoms with E-state index in [0.29, 0.717) is 6.42 Å². The van der Waals surface area contributed by atoms with Gasteiger partial charge in [-0.15, -0.1) is 0 Å². The Labute approximate surface area is 369 Å². The number of unbranched alkanes of at least 4 members (excludes halogenated alkanes) is 31. The van der Waals surface area contributed by atoms with Crippen molar-refractivity contribution in [2.24, 2.45) is 0 Å². The fraction of sp³-hybridized carbons (Fsp3) is 0.902.